The third kappa shape index (κ3) is 7.94. The predicted molar refractivity (Wildman–Crippen MR) is 159 cm³/mol. The molecule has 2 aromatic carbocycles. The molecule has 2 aromatic rings. The Kier molecular flexibility index (Phi) is 9.30. The SMILES string of the molecule is C[C@H](NC(=O)OCc1ccccc1)C(=O)NC(C=C(N)C1(c2ccccc2)CCN(C2CC2)CC1)=NC(C)(C)C. The average Bonchev–Trinajstić information content (AvgIpc) is 3.78. The Balaban J connectivity index is 1.48. The van der Waals surface area contributed by atoms with Crippen LogP contribution in [0.4, 0.5) is 4.79 Å². The zero-order valence-corrected chi connectivity index (χ0v) is 24.2. The maximum Gasteiger partial charge on any atom is 0.408 e. The number of alkyl carbamates (subject to hydrolysis) is 1. The topological polar surface area (TPSA) is 109 Å². The summed E-state index contributed by atoms with van der Waals surface area (Å²) in [7, 11) is 0. The van der Waals surface area contributed by atoms with Crippen LogP contribution in [0.3, 0.4) is 0 Å². The molecular formula is C32H43N5O3. The lowest BCUT2D eigenvalue weighted by molar-refractivity contribution is -0.121. The fourth-order valence-electron chi connectivity index (χ4n) is 5.20. The highest BCUT2D eigenvalue weighted by Gasteiger charge is 2.42. The van der Waals surface area contributed by atoms with Crippen LogP contribution in [-0.4, -0.2) is 53.4 Å². The first-order valence-electron chi connectivity index (χ1n) is 14.2. The predicted octanol–water partition coefficient (Wildman–Crippen LogP) is 4.65. The van der Waals surface area contributed by atoms with Crippen LogP contribution in [0.2, 0.25) is 0 Å². The van der Waals surface area contributed by atoms with Crippen LogP contribution in [0.1, 0.15) is 64.5 Å². The molecular weight excluding hydrogens is 502 g/mol. The van der Waals surface area contributed by atoms with Gasteiger partial charge in [-0.2, -0.15) is 0 Å². The lowest BCUT2D eigenvalue weighted by atomic mass is 9.70. The number of benzene rings is 2. The fourth-order valence-corrected chi connectivity index (χ4v) is 5.20. The molecule has 1 heterocycles. The Morgan fingerprint density at radius 3 is 2.25 bits per heavy atom. The highest BCUT2D eigenvalue weighted by atomic mass is 16.5. The molecule has 1 aliphatic carbocycles. The second-order valence-corrected chi connectivity index (χ2v) is 11.9. The van der Waals surface area contributed by atoms with Crippen LogP contribution in [0.15, 0.2) is 77.4 Å². The Labute approximate surface area is 238 Å². The Bertz CT molecular complexity index is 1210. The van der Waals surface area contributed by atoms with Crippen LogP contribution < -0.4 is 16.4 Å². The Morgan fingerprint density at radius 1 is 1.07 bits per heavy atom. The zero-order valence-electron chi connectivity index (χ0n) is 24.2. The third-order valence-electron chi connectivity index (χ3n) is 7.53. The number of amides is 2. The molecule has 0 bridgehead atoms. The Hall–Kier alpha value is -3.65. The first-order chi connectivity index (χ1) is 19.1. The standard InChI is InChI=1S/C32H43N5O3/c1-23(34-30(39)40-22-24-11-7-5-8-12-24)29(38)35-28(36-31(2,3)4)21-27(33)32(25-13-9-6-10-14-25)17-19-37(20-18-32)26-15-16-26/h5-14,21,23,26H,15-20,22,33H2,1-4H3,(H,34,39)(H,35,36,38)/t23-/m0/s1. The molecule has 8 nitrogen and oxygen atoms in total. The summed E-state index contributed by atoms with van der Waals surface area (Å²) < 4.78 is 5.27. The lowest BCUT2D eigenvalue weighted by Gasteiger charge is -2.43. The van der Waals surface area contributed by atoms with Crippen molar-refractivity contribution in [3.05, 3.63) is 83.6 Å². The van der Waals surface area contributed by atoms with Crippen molar-refractivity contribution in [2.75, 3.05) is 13.1 Å². The van der Waals surface area contributed by atoms with Gasteiger partial charge < -0.3 is 26.0 Å². The van der Waals surface area contributed by atoms with Crippen molar-refractivity contribution in [1.82, 2.24) is 15.5 Å². The van der Waals surface area contributed by atoms with Gasteiger partial charge in [-0.05, 0) is 77.6 Å². The average molecular weight is 546 g/mol. The number of nitrogens with one attached hydrogen (secondary N) is 2. The van der Waals surface area contributed by atoms with Crippen LogP contribution in [0.5, 0.6) is 0 Å². The van der Waals surface area contributed by atoms with E-state index in [1.807, 2.05) is 75.4 Å². The van der Waals surface area contributed by atoms with E-state index in [1.165, 1.54) is 18.4 Å². The van der Waals surface area contributed by atoms with Crippen molar-refractivity contribution < 1.29 is 14.3 Å². The van der Waals surface area contributed by atoms with Crippen LogP contribution in [0.25, 0.3) is 0 Å². The molecule has 1 saturated carbocycles. The largest absolute Gasteiger partial charge is 0.445 e. The van der Waals surface area contributed by atoms with E-state index >= 15 is 0 Å². The number of amidine groups is 1. The Morgan fingerprint density at radius 2 is 1.68 bits per heavy atom. The smallest absolute Gasteiger partial charge is 0.408 e. The number of ether oxygens (including phenoxy) is 1. The molecule has 8 heteroatoms. The summed E-state index contributed by atoms with van der Waals surface area (Å²) in [5.74, 6) is -0.0257. The lowest BCUT2D eigenvalue weighted by Crippen LogP contribution is -2.48. The minimum Gasteiger partial charge on any atom is -0.445 e. The number of nitrogens with zero attached hydrogens (tertiary/aromatic N) is 2. The van der Waals surface area contributed by atoms with Gasteiger partial charge >= 0.3 is 6.09 Å². The van der Waals surface area contributed by atoms with Gasteiger partial charge in [0, 0.05) is 23.2 Å². The number of piperidine rings is 1. The van der Waals surface area contributed by atoms with E-state index in [4.69, 9.17) is 15.5 Å². The molecule has 4 N–H and O–H groups in total. The number of rotatable bonds is 8. The summed E-state index contributed by atoms with van der Waals surface area (Å²) in [4.78, 5) is 32.8. The monoisotopic (exact) mass is 545 g/mol. The van der Waals surface area contributed by atoms with Crippen molar-refractivity contribution in [1.29, 1.82) is 0 Å². The van der Waals surface area contributed by atoms with Gasteiger partial charge in [0.15, 0.2) is 0 Å². The molecule has 0 unspecified atom stereocenters. The molecule has 2 fully saturated rings. The number of carbonyl (C=O) groups excluding carboxylic acids is 2. The number of carbonyl (C=O) groups is 2. The van der Waals surface area contributed by atoms with E-state index < -0.39 is 23.6 Å². The second-order valence-electron chi connectivity index (χ2n) is 11.9. The maximum absolute atomic E-state index is 13.1. The van der Waals surface area contributed by atoms with Gasteiger partial charge in [0.2, 0.25) is 5.91 Å². The number of likely N-dealkylation sites (tertiary alicyclic amines) is 1. The summed E-state index contributed by atoms with van der Waals surface area (Å²) in [5.41, 5.74) is 8.84. The van der Waals surface area contributed by atoms with E-state index in [-0.39, 0.29) is 12.0 Å². The minimum absolute atomic E-state index is 0.122. The number of hydrogen-bond acceptors (Lipinski definition) is 6. The number of nitrogens with two attached hydrogens (primary N) is 1. The van der Waals surface area contributed by atoms with E-state index in [0.717, 1.165) is 31.5 Å². The first-order valence-corrected chi connectivity index (χ1v) is 14.2. The van der Waals surface area contributed by atoms with Crippen molar-refractivity contribution in [3.63, 3.8) is 0 Å². The maximum atomic E-state index is 13.1. The molecule has 4 rings (SSSR count). The highest BCUT2D eigenvalue weighted by molar-refractivity contribution is 6.06. The molecule has 40 heavy (non-hydrogen) atoms. The van der Waals surface area contributed by atoms with Gasteiger partial charge in [-0.3, -0.25) is 9.79 Å². The van der Waals surface area contributed by atoms with E-state index in [0.29, 0.717) is 17.6 Å². The molecule has 1 atom stereocenters. The molecule has 0 spiro atoms. The normalized spacial score (nSPS) is 19.0. The van der Waals surface area contributed by atoms with Gasteiger partial charge in [-0.1, -0.05) is 60.7 Å². The van der Waals surface area contributed by atoms with Gasteiger partial charge in [0.05, 0.1) is 5.54 Å². The molecule has 2 amide bonds. The number of allylic oxidation sites excluding steroid dienone is 1. The molecule has 214 valence electrons. The zero-order chi connectivity index (χ0) is 28.8. The summed E-state index contributed by atoms with van der Waals surface area (Å²) in [6.07, 6.45) is 5.51. The molecule has 1 saturated heterocycles. The molecule has 1 aliphatic heterocycles. The fraction of sp³-hybridized carbons (Fsp3) is 0.469. The van der Waals surface area contributed by atoms with Crippen molar-refractivity contribution in [2.24, 2.45) is 10.7 Å². The van der Waals surface area contributed by atoms with Crippen molar-refractivity contribution >= 4 is 17.8 Å². The van der Waals surface area contributed by atoms with Gasteiger partial charge in [0.1, 0.15) is 18.5 Å². The van der Waals surface area contributed by atoms with Crippen LogP contribution in [-0.2, 0) is 21.6 Å². The quantitative estimate of drug-likeness (QED) is 0.330. The molecule has 0 aromatic heterocycles. The summed E-state index contributed by atoms with van der Waals surface area (Å²) in [5, 5.41) is 5.51. The molecule has 2 aliphatic rings. The van der Waals surface area contributed by atoms with E-state index in [9.17, 15) is 9.59 Å². The van der Waals surface area contributed by atoms with Crippen molar-refractivity contribution in [2.45, 2.75) is 83.0 Å². The highest BCUT2D eigenvalue weighted by Crippen LogP contribution is 2.42. The van der Waals surface area contributed by atoms with E-state index in [1.54, 1.807) is 6.92 Å². The number of hydrogen-bond donors (Lipinski definition) is 3. The van der Waals surface area contributed by atoms with Crippen LogP contribution >= 0.6 is 0 Å². The third-order valence-corrected chi connectivity index (χ3v) is 7.53. The number of aliphatic imine (C=N–C) groups is 1. The summed E-state index contributed by atoms with van der Waals surface area (Å²) in [6.45, 7) is 9.60. The first kappa shape index (κ1) is 29.3. The minimum atomic E-state index is -0.840. The van der Waals surface area contributed by atoms with Crippen molar-refractivity contribution in [3.8, 4) is 0 Å². The van der Waals surface area contributed by atoms with Gasteiger partial charge in [0.25, 0.3) is 0 Å². The second kappa shape index (κ2) is 12.7. The van der Waals surface area contributed by atoms with Gasteiger partial charge in [-0.15, -0.1) is 0 Å². The van der Waals surface area contributed by atoms with Gasteiger partial charge in [-0.25, -0.2) is 4.79 Å². The molecule has 0 radical (unpaired) electrons. The van der Waals surface area contributed by atoms with E-state index in [2.05, 4.69) is 27.7 Å². The summed E-state index contributed by atoms with van der Waals surface area (Å²) >= 11 is 0. The summed E-state index contributed by atoms with van der Waals surface area (Å²) in [6, 6.07) is 19.6. The van der Waals surface area contributed by atoms with Crippen LogP contribution in [0, 0.1) is 0 Å².